The highest BCUT2D eigenvalue weighted by Gasteiger charge is 2.15. The quantitative estimate of drug-likeness (QED) is 0.756. The molecule has 0 aliphatic carbocycles. The molecule has 0 spiro atoms. The topological polar surface area (TPSA) is 76.1 Å². The van der Waals surface area contributed by atoms with E-state index >= 15 is 0 Å². The zero-order chi connectivity index (χ0) is 17.4. The van der Waals surface area contributed by atoms with Crippen LogP contribution in [0.2, 0.25) is 0 Å². The van der Waals surface area contributed by atoms with Crippen LogP contribution in [0.25, 0.3) is 0 Å². The Hall–Kier alpha value is -2.24. The number of carbonyl (C=O) groups excluding carboxylic acids is 1. The van der Waals surface area contributed by atoms with E-state index in [-0.39, 0.29) is 12.3 Å². The Bertz CT molecular complexity index is 542. The molecule has 0 aliphatic heterocycles. The van der Waals surface area contributed by atoms with Gasteiger partial charge in [0.2, 0.25) is 0 Å². The summed E-state index contributed by atoms with van der Waals surface area (Å²) >= 11 is 0. The van der Waals surface area contributed by atoms with Gasteiger partial charge < -0.3 is 19.5 Å². The highest BCUT2D eigenvalue weighted by Crippen LogP contribution is 2.29. The molecule has 0 bridgehead atoms. The van der Waals surface area contributed by atoms with Crippen LogP contribution >= 0.6 is 0 Å². The number of ether oxygens (including phenoxy) is 2. The van der Waals surface area contributed by atoms with Crippen molar-refractivity contribution in [3.8, 4) is 11.5 Å². The number of carbonyl (C=O) groups is 2. The molecular formula is C17H25NO5. The van der Waals surface area contributed by atoms with Gasteiger partial charge in [-0.25, -0.2) is 0 Å². The summed E-state index contributed by atoms with van der Waals surface area (Å²) in [6.45, 7) is 5.06. The van der Waals surface area contributed by atoms with Gasteiger partial charge in [-0.15, -0.1) is 0 Å². The number of carboxylic acids is 1. The second-order valence-electron chi connectivity index (χ2n) is 5.79. The Morgan fingerprint density at radius 3 is 2.52 bits per heavy atom. The van der Waals surface area contributed by atoms with Crippen LogP contribution in [0.4, 0.5) is 0 Å². The van der Waals surface area contributed by atoms with Crippen LogP contribution in [-0.2, 0) is 4.79 Å². The summed E-state index contributed by atoms with van der Waals surface area (Å²) in [5, 5.41) is 8.64. The van der Waals surface area contributed by atoms with Crippen molar-refractivity contribution in [3.05, 3.63) is 23.8 Å². The van der Waals surface area contributed by atoms with Crippen LogP contribution < -0.4 is 9.47 Å². The predicted octanol–water partition coefficient (Wildman–Crippen LogP) is 2.67. The summed E-state index contributed by atoms with van der Waals surface area (Å²) in [6.07, 6.45) is 0.465. The SMILES string of the molecule is COc1cc(C(=O)N(C)CCCC(=O)O)ccc1OCC(C)C. The Kier molecular flexibility index (Phi) is 7.38. The van der Waals surface area contributed by atoms with Crippen molar-refractivity contribution in [3.63, 3.8) is 0 Å². The van der Waals surface area contributed by atoms with E-state index in [0.29, 0.717) is 42.6 Å². The van der Waals surface area contributed by atoms with Gasteiger partial charge in [-0.3, -0.25) is 9.59 Å². The van der Waals surface area contributed by atoms with Crippen molar-refractivity contribution < 1.29 is 24.2 Å². The average Bonchev–Trinajstić information content (AvgIpc) is 2.51. The molecule has 0 aromatic heterocycles. The summed E-state index contributed by atoms with van der Waals surface area (Å²) in [4.78, 5) is 24.4. The van der Waals surface area contributed by atoms with Crippen LogP contribution in [0, 0.1) is 5.92 Å². The van der Waals surface area contributed by atoms with Gasteiger partial charge in [-0.05, 0) is 30.5 Å². The number of aliphatic carboxylic acids is 1. The van der Waals surface area contributed by atoms with Gasteiger partial charge in [-0.1, -0.05) is 13.8 Å². The Morgan fingerprint density at radius 1 is 1.26 bits per heavy atom. The van der Waals surface area contributed by atoms with Gasteiger partial charge in [0.25, 0.3) is 5.91 Å². The maximum Gasteiger partial charge on any atom is 0.303 e. The summed E-state index contributed by atoms with van der Waals surface area (Å²) in [5.41, 5.74) is 0.483. The van der Waals surface area contributed by atoms with E-state index in [1.165, 1.54) is 12.0 Å². The van der Waals surface area contributed by atoms with Crippen LogP contribution in [-0.4, -0.2) is 49.2 Å². The summed E-state index contributed by atoms with van der Waals surface area (Å²) in [6, 6.07) is 5.05. The number of benzene rings is 1. The number of hydrogen-bond acceptors (Lipinski definition) is 4. The van der Waals surface area contributed by atoms with Crippen molar-refractivity contribution in [2.75, 3.05) is 27.3 Å². The minimum atomic E-state index is -0.862. The second kappa shape index (κ2) is 9.02. The number of rotatable bonds is 9. The second-order valence-corrected chi connectivity index (χ2v) is 5.79. The zero-order valence-electron chi connectivity index (χ0n) is 14.2. The zero-order valence-corrected chi connectivity index (χ0v) is 14.2. The fraction of sp³-hybridized carbons (Fsp3) is 0.529. The van der Waals surface area contributed by atoms with Crippen molar-refractivity contribution in [2.24, 2.45) is 5.92 Å². The molecule has 0 aliphatic rings. The first kappa shape index (κ1) is 18.8. The van der Waals surface area contributed by atoms with Crippen molar-refractivity contribution in [1.29, 1.82) is 0 Å². The van der Waals surface area contributed by atoms with E-state index in [1.54, 1.807) is 25.2 Å². The fourth-order valence-corrected chi connectivity index (χ4v) is 1.97. The lowest BCUT2D eigenvalue weighted by Gasteiger charge is -2.18. The Labute approximate surface area is 137 Å². The van der Waals surface area contributed by atoms with Crippen LogP contribution in [0.15, 0.2) is 18.2 Å². The number of hydrogen-bond donors (Lipinski definition) is 1. The smallest absolute Gasteiger partial charge is 0.303 e. The molecule has 0 heterocycles. The predicted molar refractivity (Wildman–Crippen MR) is 87.2 cm³/mol. The molecule has 0 unspecified atom stereocenters. The van der Waals surface area contributed by atoms with E-state index in [9.17, 15) is 9.59 Å². The van der Waals surface area contributed by atoms with Crippen molar-refractivity contribution in [1.82, 2.24) is 4.90 Å². The first-order valence-electron chi connectivity index (χ1n) is 7.63. The first-order valence-corrected chi connectivity index (χ1v) is 7.63. The minimum Gasteiger partial charge on any atom is -0.493 e. The van der Waals surface area contributed by atoms with Gasteiger partial charge in [0.1, 0.15) is 0 Å². The number of nitrogens with zero attached hydrogens (tertiary/aromatic N) is 1. The molecule has 128 valence electrons. The van der Waals surface area contributed by atoms with Crippen LogP contribution in [0.5, 0.6) is 11.5 Å². The van der Waals surface area contributed by atoms with E-state index in [4.69, 9.17) is 14.6 Å². The molecule has 1 amide bonds. The molecule has 0 saturated carbocycles. The van der Waals surface area contributed by atoms with Crippen LogP contribution in [0.3, 0.4) is 0 Å². The highest BCUT2D eigenvalue weighted by atomic mass is 16.5. The standard InChI is InChI=1S/C17H25NO5/c1-12(2)11-23-14-8-7-13(10-15(14)22-4)17(21)18(3)9-5-6-16(19)20/h7-8,10,12H,5-6,9,11H2,1-4H3,(H,19,20). The van der Waals surface area contributed by atoms with E-state index < -0.39 is 5.97 Å². The lowest BCUT2D eigenvalue weighted by atomic mass is 10.1. The molecule has 1 rings (SSSR count). The molecule has 23 heavy (non-hydrogen) atoms. The third kappa shape index (κ3) is 6.18. The molecule has 1 aromatic carbocycles. The van der Waals surface area contributed by atoms with Gasteiger partial charge in [0.15, 0.2) is 11.5 Å². The van der Waals surface area contributed by atoms with Gasteiger partial charge in [0, 0.05) is 25.6 Å². The summed E-state index contributed by atoms with van der Waals surface area (Å²) in [7, 11) is 3.18. The van der Waals surface area contributed by atoms with Gasteiger partial charge >= 0.3 is 5.97 Å². The Balaban J connectivity index is 2.75. The summed E-state index contributed by atoms with van der Waals surface area (Å²) < 4.78 is 10.9. The average molecular weight is 323 g/mol. The van der Waals surface area contributed by atoms with Crippen LogP contribution in [0.1, 0.15) is 37.0 Å². The van der Waals surface area contributed by atoms with Gasteiger partial charge in [0.05, 0.1) is 13.7 Å². The lowest BCUT2D eigenvalue weighted by Crippen LogP contribution is -2.28. The molecule has 1 aromatic rings. The maximum atomic E-state index is 12.3. The normalized spacial score (nSPS) is 10.5. The monoisotopic (exact) mass is 323 g/mol. The lowest BCUT2D eigenvalue weighted by molar-refractivity contribution is -0.137. The Morgan fingerprint density at radius 2 is 1.96 bits per heavy atom. The number of amides is 1. The third-order valence-electron chi connectivity index (χ3n) is 3.21. The first-order chi connectivity index (χ1) is 10.8. The third-order valence-corrected chi connectivity index (χ3v) is 3.21. The molecular weight excluding hydrogens is 298 g/mol. The molecule has 6 nitrogen and oxygen atoms in total. The summed E-state index contributed by atoms with van der Waals surface area (Å²) in [5.74, 6) is 0.464. The van der Waals surface area contributed by atoms with Crippen molar-refractivity contribution in [2.45, 2.75) is 26.7 Å². The molecule has 6 heteroatoms. The van der Waals surface area contributed by atoms with E-state index in [1.807, 2.05) is 0 Å². The molecule has 0 atom stereocenters. The maximum absolute atomic E-state index is 12.3. The molecule has 0 fully saturated rings. The fourth-order valence-electron chi connectivity index (χ4n) is 1.97. The van der Waals surface area contributed by atoms with Gasteiger partial charge in [-0.2, -0.15) is 0 Å². The van der Waals surface area contributed by atoms with Crippen molar-refractivity contribution >= 4 is 11.9 Å². The highest BCUT2D eigenvalue weighted by molar-refractivity contribution is 5.94. The molecule has 1 N–H and O–H groups in total. The van der Waals surface area contributed by atoms with E-state index in [0.717, 1.165) is 0 Å². The largest absolute Gasteiger partial charge is 0.493 e. The number of carboxylic acid groups (broad SMARTS) is 1. The van der Waals surface area contributed by atoms with E-state index in [2.05, 4.69) is 13.8 Å². The molecule has 0 saturated heterocycles. The molecule has 0 radical (unpaired) electrons. The minimum absolute atomic E-state index is 0.0446. The number of methoxy groups -OCH3 is 1.